The lowest BCUT2D eigenvalue weighted by Gasteiger charge is -2.21. The summed E-state index contributed by atoms with van der Waals surface area (Å²) in [6.45, 7) is 5.00. The number of carbonyl (C=O) groups is 1. The highest BCUT2D eigenvalue weighted by atomic mass is 35.5. The number of aliphatic carboxylic acids is 1. The predicted molar refractivity (Wildman–Crippen MR) is 86.3 cm³/mol. The van der Waals surface area contributed by atoms with E-state index in [-0.39, 0.29) is 6.42 Å². The van der Waals surface area contributed by atoms with Gasteiger partial charge in [-0.25, -0.2) is 4.98 Å². The minimum atomic E-state index is -0.809. The molecule has 0 fully saturated rings. The lowest BCUT2D eigenvalue weighted by molar-refractivity contribution is -0.136. The van der Waals surface area contributed by atoms with Crippen LogP contribution in [0.2, 0.25) is 5.02 Å². The van der Waals surface area contributed by atoms with E-state index >= 15 is 0 Å². The van der Waals surface area contributed by atoms with E-state index in [1.165, 1.54) is 0 Å². The van der Waals surface area contributed by atoms with Gasteiger partial charge in [-0.15, -0.1) is 11.3 Å². The molecule has 0 unspecified atom stereocenters. The zero-order valence-corrected chi connectivity index (χ0v) is 13.5. The molecule has 1 N–H and O–H groups in total. The summed E-state index contributed by atoms with van der Waals surface area (Å²) in [5.41, 5.74) is 2.03. The smallest absolute Gasteiger partial charge is 0.305 e. The highest BCUT2D eigenvalue weighted by Crippen LogP contribution is 2.27. The zero-order valence-electron chi connectivity index (χ0n) is 12.0. The molecule has 1 heterocycles. The number of carboxylic acid groups (broad SMARTS) is 1. The third-order valence-corrected chi connectivity index (χ3v) is 4.51. The van der Waals surface area contributed by atoms with E-state index in [0.29, 0.717) is 18.1 Å². The number of anilines is 1. The van der Waals surface area contributed by atoms with Crippen LogP contribution >= 0.6 is 22.9 Å². The molecular formula is C15H17ClN2O2S. The molecule has 0 saturated carbocycles. The van der Waals surface area contributed by atoms with Crippen LogP contribution in [0.15, 0.2) is 24.3 Å². The van der Waals surface area contributed by atoms with Gasteiger partial charge in [0.05, 0.1) is 12.1 Å². The molecule has 0 aliphatic rings. The van der Waals surface area contributed by atoms with Gasteiger partial charge in [-0.3, -0.25) is 4.79 Å². The Kier molecular flexibility index (Phi) is 5.20. The first-order chi connectivity index (χ1) is 9.95. The summed E-state index contributed by atoms with van der Waals surface area (Å²) in [6.07, 6.45) is 0.0816. The minimum absolute atomic E-state index is 0.0816. The summed E-state index contributed by atoms with van der Waals surface area (Å²) >= 11 is 7.59. The van der Waals surface area contributed by atoms with Crippen LogP contribution in [0.25, 0.3) is 0 Å². The lowest BCUT2D eigenvalue weighted by atomic mass is 10.2. The van der Waals surface area contributed by atoms with Gasteiger partial charge in [0.15, 0.2) is 5.13 Å². The largest absolute Gasteiger partial charge is 0.481 e. The molecule has 2 aromatic rings. The van der Waals surface area contributed by atoms with Crippen LogP contribution in [0.5, 0.6) is 0 Å². The first-order valence-corrected chi connectivity index (χ1v) is 7.80. The molecule has 112 valence electrons. The molecular weight excluding hydrogens is 308 g/mol. The van der Waals surface area contributed by atoms with E-state index in [1.54, 1.807) is 11.3 Å². The number of hydrogen-bond acceptors (Lipinski definition) is 4. The third-order valence-electron chi connectivity index (χ3n) is 3.15. The zero-order chi connectivity index (χ0) is 15.4. The summed E-state index contributed by atoms with van der Waals surface area (Å²) in [5, 5.41) is 10.4. The van der Waals surface area contributed by atoms with Crippen LogP contribution in [-0.2, 0) is 11.3 Å². The quantitative estimate of drug-likeness (QED) is 0.875. The molecule has 1 aromatic heterocycles. The van der Waals surface area contributed by atoms with Crippen molar-refractivity contribution in [2.75, 3.05) is 11.4 Å². The fraction of sp³-hybridized carbons (Fsp3) is 0.333. The summed E-state index contributed by atoms with van der Waals surface area (Å²) in [6, 6.07) is 7.59. The highest BCUT2D eigenvalue weighted by Gasteiger charge is 2.14. The molecule has 0 atom stereocenters. The normalized spacial score (nSPS) is 10.6. The number of aromatic nitrogens is 1. The molecule has 0 amide bonds. The van der Waals surface area contributed by atoms with Crippen molar-refractivity contribution in [1.29, 1.82) is 0 Å². The summed E-state index contributed by atoms with van der Waals surface area (Å²) in [7, 11) is 0. The van der Waals surface area contributed by atoms with Gasteiger partial charge in [0.2, 0.25) is 0 Å². The second-order valence-corrected chi connectivity index (χ2v) is 6.45. The molecule has 4 nitrogen and oxygen atoms in total. The Morgan fingerprint density at radius 1 is 1.43 bits per heavy atom. The van der Waals surface area contributed by atoms with E-state index in [2.05, 4.69) is 4.98 Å². The molecule has 1 aromatic carbocycles. The Hall–Kier alpha value is -1.59. The Labute approximate surface area is 133 Å². The lowest BCUT2D eigenvalue weighted by Crippen LogP contribution is -2.25. The van der Waals surface area contributed by atoms with Crippen molar-refractivity contribution >= 4 is 34.0 Å². The number of aryl methyl sites for hydroxylation is 2. The van der Waals surface area contributed by atoms with Gasteiger partial charge >= 0.3 is 5.97 Å². The maximum atomic E-state index is 10.8. The number of nitrogens with zero attached hydrogens (tertiary/aromatic N) is 2. The number of halogens is 1. The Morgan fingerprint density at radius 2 is 2.19 bits per heavy atom. The Bertz CT molecular complexity index is 623. The van der Waals surface area contributed by atoms with Gasteiger partial charge in [-0.1, -0.05) is 23.7 Å². The molecule has 0 aliphatic heterocycles. The molecule has 21 heavy (non-hydrogen) atoms. The predicted octanol–water partition coefficient (Wildman–Crippen LogP) is 3.89. The first-order valence-electron chi connectivity index (χ1n) is 6.61. The fourth-order valence-electron chi connectivity index (χ4n) is 1.92. The molecule has 0 aliphatic carbocycles. The number of rotatable bonds is 6. The van der Waals surface area contributed by atoms with Crippen LogP contribution in [0.3, 0.4) is 0 Å². The van der Waals surface area contributed by atoms with Crippen molar-refractivity contribution in [1.82, 2.24) is 4.98 Å². The average Bonchev–Trinajstić information content (AvgIpc) is 2.74. The maximum Gasteiger partial charge on any atom is 0.305 e. The van der Waals surface area contributed by atoms with Gasteiger partial charge in [-0.05, 0) is 31.5 Å². The minimum Gasteiger partial charge on any atom is -0.481 e. The summed E-state index contributed by atoms with van der Waals surface area (Å²) in [5.74, 6) is -0.809. The van der Waals surface area contributed by atoms with Crippen molar-refractivity contribution in [3.8, 4) is 0 Å². The van der Waals surface area contributed by atoms with Gasteiger partial charge in [-0.2, -0.15) is 0 Å². The van der Waals surface area contributed by atoms with Crippen molar-refractivity contribution < 1.29 is 9.90 Å². The van der Waals surface area contributed by atoms with Gasteiger partial charge in [0.25, 0.3) is 0 Å². The first kappa shape index (κ1) is 15.8. The van der Waals surface area contributed by atoms with Crippen LogP contribution in [0.1, 0.15) is 22.6 Å². The molecule has 2 rings (SSSR count). The number of thiazole rings is 1. The van der Waals surface area contributed by atoms with Crippen molar-refractivity contribution in [3.05, 3.63) is 45.4 Å². The van der Waals surface area contributed by atoms with Crippen LogP contribution < -0.4 is 4.90 Å². The van der Waals surface area contributed by atoms with Crippen LogP contribution in [0.4, 0.5) is 5.13 Å². The maximum absolute atomic E-state index is 10.8. The summed E-state index contributed by atoms with van der Waals surface area (Å²) in [4.78, 5) is 18.5. The molecule has 0 spiro atoms. The highest BCUT2D eigenvalue weighted by molar-refractivity contribution is 7.15. The van der Waals surface area contributed by atoms with Gasteiger partial charge < -0.3 is 10.0 Å². The van der Waals surface area contributed by atoms with Crippen LogP contribution in [-0.4, -0.2) is 22.6 Å². The second kappa shape index (κ2) is 6.91. The van der Waals surface area contributed by atoms with E-state index in [4.69, 9.17) is 16.7 Å². The number of hydrogen-bond donors (Lipinski definition) is 1. The van der Waals surface area contributed by atoms with Gasteiger partial charge in [0.1, 0.15) is 0 Å². The van der Waals surface area contributed by atoms with Gasteiger partial charge in [0, 0.05) is 23.0 Å². The standard InChI is InChI=1S/C15H17ClN2O2S/c1-10-11(2)21-15(17-10)18(7-6-14(19)20)9-12-4-3-5-13(16)8-12/h3-5,8H,6-7,9H2,1-2H3,(H,19,20). The average molecular weight is 325 g/mol. The van der Waals surface area contributed by atoms with Crippen molar-refractivity contribution in [2.45, 2.75) is 26.8 Å². The van der Waals surface area contributed by atoms with E-state index in [1.807, 2.05) is 43.0 Å². The Morgan fingerprint density at radius 3 is 2.76 bits per heavy atom. The van der Waals surface area contributed by atoms with E-state index in [0.717, 1.165) is 21.3 Å². The van der Waals surface area contributed by atoms with E-state index < -0.39 is 5.97 Å². The topological polar surface area (TPSA) is 53.4 Å². The second-order valence-electron chi connectivity index (χ2n) is 4.83. The van der Waals surface area contributed by atoms with Crippen LogP contribution in [0, 0.1) is 13.8 Å². The summed E-state index contributed by atoms with van der Waals surface area (Å²) < 4.78 is 0. The Balaban J connectivity index is 2.21. The monoisotopic (exact) mass is 324 g/mol. The third kappa shape index (κ3) is 4.44. The van der Waals surface area contributed by atoms with E-state index in [9.17, 15) is 4.79 Å². The SMILES string of the molecule is Cc1nc(N(CCC(=O)O)Cc2cccc(Cl)c2)sc1C. The number of carboxylic acids is 1. The molecule has 0 bridgehead atoms. The molecule has 6 heteroatoms. The molecule has 0 saturated heterocycles. The molecule has 0 radical (unpaired) electrons. The fourth-order valence-corrected chi connectivity index (χ4v) is 3.07. The van der Waals surface area contributed by atoms with Crippen molar-refractivity contribution in [3.63, 3.8) is 0 Å². The van der Waals surface area contributed by atoms with Crippen molar-refractivity contribution in [2.24, 2.45) is 0 Å². The number of benzene rings is 1.